The first kappa shape index (κ1) is 25.6. The van der Waals surface area contributed by atoms with E-state index in [0.717, 1.165) is 87.1 Å². The minimum Gasteiger partial charge on any atom is -0.456 e. The van der Waals surface area contributed by atoms with Gasteiger partial charge in [0.1, 0.15) is 15.8 Å². The number of ether oxygens (including phenoxy) is 1. The molecule has 2 aliphatic heterocycles. The second kappa shape index (κ2) is 11.2. The monoisotopic (exact) mass is 556 g/mol. The number of aryl methyl sites for hydroxylation is 1. The van der Waals surface area contributed by atoms with Crippen LogP contribution in [0.2, 0.25) is 5.02 Å². The van der Waals surface area contributed by atoms with Crippen LogP contribution >= 0.6 is 35.6 Å². The minimum atomic E-state index is 0.0512. The SMILES string of the molecule is O=C1/C(=C/c2oc(-c3ccc(Cl)cc3)cc2CCCCN2CCOCC2)SC(=S)N1C1CC2CCC1C2. The molecule has 0 spiro atoms. The lowest BCUT2D eigenvalue weighted by molar-refractivity contribution is -0.124. The van der Waals surface area contributed by atoms with Gasteiger partial charge in [0.2, 0.25) is 0 Å². The number of amides is 1. The Bertz CT molecular complexity index is 1190. The van der Waals surface area contributed by atoms with E-state index in [0.29, 0.717) is 20.2 Å². The number of halogens is 1. The van der Waals surface area contributed by atoms with Gasteiger partial charge in [-0.2, -0.15) is 0 Å². The van der Waals surface area contributed by atoms with Crippen LogP contribution in [0.5, 0.6) is 0 Å². The van der Waals surface area contributed by atoms with Crippen molar-refractivity contribution in [2.45, 2.75) is 51.0 Å². The number of benzene rings is 1. The van der Waals surface area contributed by atoms with Crippen molar-refractivity contribution in [3.63, 3.8) is 0 Å². The van der Waals surface area contributed by atoms with Gasteiger partial charge < -0.3 is 9.15 Å². The Morgan fingerprint density at radius 1 is 1.11 bits per heavy atom. The Hall–Kier alpha value is -1.64. The third-order valence-electron chi connectivity index (χ3n) is 8.36. The lowest BCUT2D eigenvalue weighted by atomic mass is 9.94. The molecule has 5 nitrogen and oxygen atoms in total. The summed E-state index contributed by atoms with van der Waals surface area (Å²) in [6.45, 7) is 4.78. The summed E-state index contributed by atoms with van der Waals surface area (Å²) in [5.41, 5.74) is 2.12. The van der Waals surface area contributed by atoms with Gasteiger partial charge in [0, 0.05) is 35.8 Å². The van der Waals surface area contributed by atoms with Crippen LogP contribution in [-0.2, 0) is 16.0 Å². The number of nitrogens with zero attached hydrogens (tertiary/aromatic N) is 2. The van der Waals surface area contributed by atoms with E-state index in [1.54, 1.807) is 0 Å². The van der Waals surface area contributed by atoms with Crippen molar-refractivity contribution < 1.29 is 13.9 Å². The lowest BCUT2D eigenvalue weighted by Gasteiger charge is -2.30. The first-order valence-electron chi connectivity index (χ1n) is 13.5. The Kier molecular flexibility index (Phi) is 7.78. The molecular formula is C29H33ClN2O3S2. The zero-order chi connectivity index (χ0) is 25.4. The third-order valence-corrected chi connectivity index (χ3v) is 9.95. The quantitative estimate of drug-likeness (QED) is 0.206. The molecule has 0 N–H and O–H groups in total. The number of thioether (sulfide) groups is 1. The zero-order valence-electron chi connectivity index (χ0n) is 21.0. The average Bonchev–Trinajstić information content (AvgIpc) is 3.68. The van der Waals surface area contributed by atoms with E-state index >= 15 is 0 Å². The predicted octanol–water partition coefficient (Wildman–Crippen LogP) is 6.64. The normalized spacial score (nSPS) is 27.2. The summed E-state index contributed by atoms with van der Waals surface area (Å²) < 4.78 is 12.5. The number of unbranched alkanes of at least 4 members (excludes halogenated alkanes) is 1. The van der Waals surface area contributed by atoms with E-state index in [1.807, 2.05) is 35.2 Å². The molecule has 1 aromatic carbocycles. The summed E-state index contributed by atoms with van der Waals surface area (Å²) in [6, 6.07) is 10.1. The van der Waals surface area contributed by atoms with E-state index in [1.165, 1.54) is 31.0 Å². The summed E-state index contributed by atoms with van der Waals surface area (Å²) in [5, 5.41) is 0.697. The molecule has 2 saturated heterocycles. The molecule has 3 heterocycles. The Labute approximate surface area is 233 Å². The lowest BCUT2D eigenvalue weighted by Crippen LogP contribution is -2.41. The summed E-state index contributed by atoms with van der Waals surface area (Å²) in [7, 11) is 0. The smallest absolute Gasteiger partial charge is 0.266 e. The van der Waals surface area contributed by atoms with Crippen molar-refractivity contribution in [1.29, 1.82) is 0 Å². The molecule has 3 atom stereocenters. The molecule has 8 heteroatoms. The molecule has 1 amide bonds. The van der Waals surface area contributed by atoms with E-state index in [2.05, 4.69) is 11.0 Å². The van der Waals surface area contributed by atoms with Crippen LogP contribution in [0.1, 0.15) is 49.8 Å². The van der Waals surface area contributed by atoms with Gasteiger partial charge in [-0.15, -0.1) is 0 Å². The van der Waals surface area contributed by atoms with Gasteiger partial charge in [-0.05, 0) is 92.8 Å². The van der Waals surface area contributed by atoms with E-state index in [4.69, 9.17) is 33.0 Å². The molecular weight excluding hydrogens is 524 g/mol. The maximum Gasteiger partial charge on any atom is 0.266 e. The molecule has 6 rings (SSSR count). The highest BCUT2D eigenvalue weighted by Gasteiger charge is 2.48. The van der Waals surface area contributed by atoms with Gasteiger partial charge in [0.15, 0.2) is 0 Å². The molecule has 2 aromatic rings. The molecule has 2 bridgehead atoms. The van der Waals surface area contributed by atoms with Gasteiger partial charge in [-0.25, -0.2) is 0 Å². The molecule has 0 radical (unpaired) electrons. The van der Waals surface area contributed by atoms with Crippen LogP contribution < -0.4 is 0 Å². The summed E-state index contributed by atoms with van der Waals surface area (Å²) in [6.07, 6.45) is 9.89. The van der Waals surface area contributed by atoms with Gasteiger partial charge >= 0.3 is 0 Å². The van der Waals surface area contributed by atoms with Crippen LogP contribution in [0.25, 0.3) is 17.4 Å². The van der Waals surface area contributed by atoms with Crippen LogP contribution in [0.15, 0.2) is 39.7 Å². The van der Waals surface area contributed by atoms with Crippen molar-refractivity contribution in [3.05, 3.63) is 51.6 Å². The topological polar surface area (TPSA) is 45.9 Å². The first-order valence-corrected chi connectivity index (χ1v) is 15.1. The van der Waals surface area contributed by atoms with Crippen LogP contribution in [0.3, 0.4) is 0 Å². The van der Waals surface area contributed by atoms with Crippen molar-refractivity contribution >= 4 is 51.9 Å². The number of hydrogen-bond acceptors (Lipinski definition) is 6. The van der Waals surface area contributed by atoms with Crippen LogP contribution in [0, 0.1) is 11.8 Å². The molecule has 4 fully saturated rings. The predicted molar refractivity (Wildman–Crippen MR) is 154 cm³/mol. The fourth-order valence-electron chi connectivity index (χ4n) is 6.40. The highest BCUT2D eigenvalue weighted by atomic mass is 35.5. The largest absolute Gasteiger partial charge is 0.456 e. The number of thiocarbonyl (C=S) groups is 1. The molecule has 2 aliphatic carbocycles. The summed E-state index contributed by atoms with van der Waals surface area (Å²) >= 11 is 13.2. The number of morpholine rings is 1. The fourth-order valence-corrected chi connectivity index (χ4v) is 7.87. The van der Waals surface area contributed by atoms with Crippen LogP contribution in [0.4, 0.5) is 0 Å². The zero-order valence-corrected chi connectivity index (χ0v) is 23.4. The Morgan fingerprint density at radius 3 is 2.65 bits per heavy atom. The average molecular weight is 557 g/mol. The Balaban J connectivity index is 1.20. The maximum atomic E-state index is 13.5. The van der Waals surface area contributed by atoms with Crippen molar-refractivity contribution in [1.82, 2.24) is 9.80 Å². The van der Waals surface area contributed by atoms with Gasteiger partial charge in [-0.1, -0.05) is 42.0 Å². The summed E-state index contributed by atoms with van der Waals surface area (Å²) in [4.78, 5) is 18.6. The fraction of sp³-hybridized carbons (Fsp3) is 0.517. The van der Waals surface area contributed by atoms with Crippen molar-refractivity contribution in [2.75, 3.05) is 32.8 Å². The number of furan rings is 1. The minimum absolute atomic E-state index is 0.0512. The number of fused-ring (bicyclic) bond motifs is 2. The standard InChI is InChI=1S/C29H33ClN2O3S2/c30-23-8-6-20(7-9-23)25-17-22(3-1-2-10-31-11-13-34-14-12-31)26(35-25)18-27-28(33)32(29(36)37-27)24-16-19-4-5-21(24)15-19/h6-9,17-19,21,24H,1-5,10-16H2/b27-18-. The number of carbonyl (C=O) groups excluding carboxylic acids is 1. The number of hydrogen-bond donors (Lipinski definition) is 0. The van der Waals surface area contributed by atoms with Gasteiger partial charge in [0.25, 0.3) is 5.91 Å². The van der Waals surface area contributed by atoms with Gasteiger partial charge in [0.05, 0.1) is 18.1 Å². The molecule has 3 unspecified atom stereocenters. The van der Waals surface area contributed by atoms with E-state index < -0.39 is 0 Å². The van der Waals surface area contributed by atoms with Crippen LogP contribution in [-0.4, -0.2) is 58.9 Å². The number of rotatable bonds is 8. The maximum absolute atomic E-state index is 13.5. The Morgan fingerprint density at radius 2 is 1.92 bits per heavy atom. The molecule has 4 aliphatic rings. The van der Waals surface area contributed by atoms with E-state index in [-0.39, 0.29) is 11.9 Å². The van der Waals surface area contributed by atoms with Crippen molar-refractivity contribution in [2.24, 2.45) is 11.8 Å². The molecule has 1 aromatic heterocycles. The molecule has 2 saturated carbocycles. The second-order valence-electron chi connectivity index (χ2n) is 10.7. The highest BCUT2D eigenvalue weighted by Crippen LogP contribution is 2.49. The number of carbonyl (C=O) groups is 1. The van der Waals surface area contributed by atoms with Crippen molar-refractivity contribution in [3.8, 4) is 11.3 Å². The van der Waals surface area contributed by atoms with E-state index in [9.17, 15) is 4.79 Å². The second-order valence-corrected chi connectivity index (χ2v) is 12.8. The van der Waals surface area contributed by atoms with Gasteiger partial charge in [-0.3, -0.25) is 14.6 Å². The summed E-state index contributed by atoms with van der Waals surface area (Å²) in [5.74, 6) is 2.99. The first-order chi connectivity index (χ1) is 18.0. The highest BCUT2D eigenvalue weighted by molar-refractivity contribution is 8.26. The molecule has 37 heavy (non-hydrogen) atoms. The third kappa shape index (κ3) is 5.57. The molecule has 196 valence electrons.